The Kier molecular flexibility index (Phi) is 7.78. The minimum atomic E-state index is -0.724. The summed E-state index contributed by atoms with van der Waals surface area (Å²) in [5.41, 5.74) is 1.67. The number of nitrogens with one attached hydrogen (secondary N) is 2. The molecule has 0 aliphatic heterocycles. The number of aryl methyl sites for hydroxylation is 1. The Morgan fingerprint density at radius 3 is 2.55 bits per heavy atom. The van der Waals surface area contributed by atoms with Gasteiger partial charge in [0.2, 0.25) is 5.88 Å². The lowest BCUT2D eigenvalue weighted by atomic mass is 10.2. The average Bonchev–Trinajstić information content (AvgIpc) is 3.06. The molecule has 1 aromatic heterocycles. The maximum atomic E-state index is 12.6. The van der Waals surface area contributed by atoms with Crippen LogP contribution in [0.15, 0.2) is 58.5 Å². The molecular weight excluding hydrogens is 465 g/mol. The normalized spacial score (nSPS) is 10.9. The lowest BCUT2D eigenvalue weighted by Crippen LogP contribution is -2.13. The first-order valence-electron chi connectivity index (χ1n) is 9.84. The second kappa shape index (κ2) is 10.7. The summed E-state index contributed by atoms with van der Waals surface area (Å²) in [6.07, 6.45) is 1.17. The Labute approximate surface area is 200 Å². The first-order valence-corrected chi connectivity index (χ1v) is 10.6. The Balaban J connectivity index is 1.98. The molecule has 2 aromatic carbocycles. The molecule has 3 aromatic rings. The Hall–Kier alpha value is -3.73. The summed E-state index contributed by atoms with van der Waals surface area (Å²) in [5.74, 6) is -1.45. The number of anilines is 3. The van der Waals surface area contributed by atoms with E-state index in [1.165, 1.54) is 6.08 Å². The zero-order valence-electron chi connectivity index (χ0n) is 17.7. The number of hydrogen-bond donors (Lipinski definition) is 2. The summed E-state index contributed by atoms with van der Waals surface area (Å²) in [6.45, 7) is 3.65. The zero-order valence-corrected chi connectivity index (χ0v) is 19.3. The van der Waals surface area contributed by atoms with Crippen molar-refractivity contribution in [3.8, 4) is 6.07 Å². The van der Waals surface area contributed by atoms with E-state index in [0.29, 0.717) is 16.4 Å². The second-order valence-electron chi connectivity index (χ2n) is 6.83. The van der Waals surface area contributed by atoms with Crippen molar-refractivity contribution in [2.45, 2.75) is 13.8 Å². The van der Waals surface area contributed by atoms with Crippen molar-refractivity contribution >= 4 is 58.4 Å². The van der Waals surface area contributed by atoms with E-state index in [9.17, 15) is 14.9 Å². The topological polar surface area (TPSA) is 104 Å². The van der Waals surface area contributed by atoms with Crippen LogP contribution in [-0.4, -0.2) is 18.5 Å². The monoisotopic (exact) mass is 483 g/mol. The number of carbonyl (C=O) groups excluding carboxylic acids is 2. The van der Waals surface area contributed by atoms with Crippen LogP contribution in [0.25, 0.3) is 6.08 Å². The third-order valence-electron chi connectivity index (χ3n) is 4.35. The smallest absolute Gasteiger partial charge is 0.345 e. The van der Waals surface area contributed by atoms with Crippen molar-refractivity contribution in [1.82, 2.24) is 0 Å². The summed E-state index contributed by atoms with van der Waals surface area (Å²) in [4.78, 5) is 25.1. The number of benzene rings is 2. The van der Waals surface area contributed by atoms with E-state index in [2.05, 4.69) is 10.6 Å². The summed E-state index contributed by atoms with van der Waals surface area (Å²) < 4.78 is 10.8. The number of halogens is 2. The molecule has 0 saturated heterocycles. The molecule has 9 heteroatoms. The molecule has 0 atom stereocenters. The number of furan rings is 1. The van der Waals surface area contributed by atoms with Gasteiger partial charge in [-0.15, -0.1) is 0 Å². The van der Waals surface area contributed by atoms with Crippen molar-refractivity contribution in [1.29, 1.82) is 5.26 Å². The highest BCUT2D eigenvalue weighted by molar-refractivity contribution is 6.36. The molecule has 1 amide bonds. The van der Waals surface area contributed by atoms with Crippen LogP contribution in [0.3, 0.4) is 0 Å². The molecule has 33 heavy (non-hydrogen) atoms. The molecule has 0 fully saturated rings. The highest BCUT2D eigenvalue weighted by atomic mass is 35.5. The van der Waals surface area contributed by atoms with E-state index in [0.717, 1.165) is 5.56 Å². The fourth-order valence-electron chi connectivity index (χ4n) is 2.89. The quantitative estimate of drug-likeness (QED) is 0.230. The Morgan fingerprint density at radius 2 is 1.88 bits per heavy atom. The van der Waals surface area contributed by atoms with Gasteiger partial charge in [0, 0.05) is 22.5 Å². The number of nitriles is 1. The fraction of sp³-hybridized carbons (Fsp3) is 0.125. The molecule has 2 N–H and O–H groups in total. The first-order chi connectivity index (χ1) is 15.8. The predicted molar refractivity (Wildman–Crippen MR) is 128 cm³/mol. The van der Waals surface area contributed by atoms with Crippen molar-refractivity contribution < 1.29 is 18.7 Å². The van der Waals surface area contributed by atoms with E-state index >= 15 is 0 Å². The van der Waals surface area contributed by atoms with E-state index in [-0.39, 0.29) is 34.4 Å². The largest absolute Gasteiger partial charge is 0.462 e. The predicted octanol–water partition coefficient (Wildman–Crippen LogP) is 6.36. The van der Waals surface area contributed by atoms with Gasteiger partial charge in [0.05, 0.1) is 6.61 Å². The lowest BCUT2D eigenvalue weighted by Gasteiger charge is -2.06. The minimum Gasteiger partial charge on any atom is -0.462 e. The van der Waals surface area contributed by atoms with Gasteiger partial charge < -0.3 is 19.8 Å². The molecule has 3 rings (SSSR count). The number of carbonyl (C=O) groups is 2. The van der Waals surface area contributed by atoms with Crippen LogP contribution in [0.2, 0.25) is 10.0 Å². The number of ether oxygens (including phenoxy) is 1. The molecule has 0 unspecified atom stereocenters. The van der Waals surface area contributed by atoms with Gasteiger partial charge >= 0.3 is 5.97 Å². The molecule has 168 valence electrons. The highest BCUT2D eigenvalue weighted by Gasteiger charge is 2.26. The Bertz CT molecular complexity index is 1270. The zero-order chi connectivity index (χ0) is 24.0. The van der Waals surface area contributed by atoms with Crippen LogP contribution >= 0.6 is 23.2 Å². The molecular formula is C24H19Cl2N3O4. The minimum absolute atomic E-state index is 0.0108. The second-order valence-corrected chi connectivity index (χ2v) is 7.65. The maximum absolute atomic E-state index is 12.6. The molecule has 0 bridgehead atoms. The van der Waals surface area contributed by atoms with Gasteiger partial charge in [-0.2, -0.15) is 5.26 Å². The van der Waals surface area contributed by atoms with E-state index in [1.54, 1.807) is 49.4 Å². The summed E-state index contributed by atoms with van der Waals surface area (Å²) in [5, 5.41) is 15.5. The number of esters is 1. The van der Waals surface area contributed by atoms with Gasteiger partial charge in [0.15, 0.2) is 5.76 Å². The van der Waals surface area contributed by atoms with Crippen molar-refractivity contribution in [3.05, 3.63) is 81.0 Å². The lowest BCUT2D eigenvalue weighted by molar-refractivity contribution is -0.112. The number of amides is 1. The van der Waals surface area contributed by atoms with Gasteiger partial charge in [-0.3, -0.25) is 4.79 Å². The van der Waals surface area contributed by atoms with Crippen LogP contribution < -0.4 is 10.6 Å². The van der Waals surface area contributed by atoms with Crippen LogP contribution in [0, 0.1) is 18.3 Å². The third kappa shape index (κ3) is 5.95. The molecule has 1 heterocycles. The standard InChI is InChI=1S/C24H19Cl2N3O4/c1-3-32-24(31)20-21(26)19(33-23(20)29-18-9-5-7-16(25)12-18)11-15(13-27)22(30)28-17-8-4-6-14(2)10-17/h4-12,29H,3H2,1-2H3,(H,28,30)/b15-11+. The van der Waals surface area contributed by atoms with Crippen molar-refractivity contribution in [2.24, 2.45) is 0 Å². The van der Waals surface area contributed by atoms with Gasteiger partial charge in [0.1, 0.15) is 22.2 Å². The van der Waals surface area contributed by atoms with Crippen LogP contribution in [0.1, 0.15) is 28.6 Å². The molecule has 0 spiro atoms. The van der Waals surface area contributed by atoms with Crippen molar-refractivity contribution in [2.75, 3.05) is 17.2 Å². The number of hydrogen-bond acceptors (Lipinski definition) is 6. The highest BCUT2D eigenvalue weighted by Crippen LogP contribution is 2.36. The van der Waals surface area contributed by atoms with Crippen LogP contribution in [0.5, 0.6) is 0 Å². The van der Waals surface area contributed by atoms with Gasteiger partial charge in [-0.25, -0.2) is 4.79 Å². The molecule has 7 nitrogen and oxygen atoms in total. The number of rotatable bonds is 7. The fourth-order valence-corrected chi connectivity index (χ4v) is 3.34. The van der Waals surface area contributed by atoms with Gasteiger partial charge in [-0.05, 0) is 49.7 Å². The third-order valence-corrected chi connectivity index (χ3v) is 4.96. The van der Waals surface area contributed by atoms with Crippen molar-refractivity contribution in [3.63, 3.8) is 0 Å². The SMILES string of the molecule is CCOC(=O)c1c(Nc2cccc(Cl)c2)oc(/C=C(\C#N)C(=O)Nc2cccc(C)c2)c1Cl. The van der Waals surface area contributed by atoms with Gasteiger partial charge in [0.25, 0.3) is 5.91 Å². The first kappa shape index (κ1) is 23.9. The summed E-state index contributed by atoms with van der Waals surface area (Å²) in [7, 11) is 0. The molecule has 0 saturated carbocycles. The summed E-state index contributed by atoms with van der Waals surface area (Å²) >= 11 is 12.4. The van der Waals surface area contributed by atoms with Crippen LogP contribution in [-0.2, 0) is 9.53 Å². The average molecular weight is 484 g/mol. The maximum Gasteiger partial charge on any atom is 0.345 e. The Morgan fingerprint density at radius 1 is 1.15 bits per heavy atom. The summed E-state index contributed by atoms with van der Waals surface area (Å²) in [6, 6.07) is 15.7. The van der Waals surface area contributed by atoms with E-state index < -0.39 is 11.9 Å². The molecule has 0 aliphatic carbocycles. The molecule has 0 aliphatic rings. The van der Waals surface area contributed by atoms with Crippen LogP contribution in [0.4, 0.5) is 17.3 Å². The van der Waals surface area contributed by atoms with Gasteiger partial charge in [-0.1, -0.05) is 41.4 Å². The van der Waals surface area contributed by atoms with E-state index in [1.807, 2.05) is 19.1 Å². The number of nitrogens with zero attached hydrogens (tertiary/aromatic N) is 1. The molecule has 0 radical (unpaired) electrons. The van der Waals surface area contributed by atoms with E-state index in [4.69, 9.17) is 32.4 Å².